The molecule has 6 nitrogen and oxygen atoms in total. The summed E-state index contributed by atoms with van der Waals surface area (Å²) < 4.78 is 20.5. The van der Waals surface area contributed by atoms with Crippen LogP contribution in [0.4, 0.5) is 0 Å². The first-order chi connectivity index (χ1) is 9.10. The third-order valence-electron chi connectivity index (χ3n) is 2.60. The third kappa shape index (κ3) is 8.15. The highest BCUT2D eigenvalue weighted by atomic mass is 16.5. The SMILES string of the molecule is CCNC(C)(COCCCOCCOC)C(=O)OC. The van der Waals surface area contributed by atoms with Gasteiger partial charge in [-0.3, -0.25) is 0 Å². The molecule has 0 aromatic rings. The Morgan fingerprint density at radius 1 is 1.11 bits per heavy atom. The fourth-order valence-electron chi connectivity index (χ4n) is 1.58. The molecule has 0 radical (unpaired) electrons. The van der Waals surface area contributed by atoms with E-state index in [1.54, 1.807) is 14.0 Å². The number of hydrogen-bond donors (Lipinski definition) is 1. The van der Waals surface area contributed by atoms with Crippen LogP contribution < -0.4 is 5.32 Å². The average molecular weight is 277 g/mol. The summed E-state index contributed by atoms with van der Waals surface area (Å²) in [6.45, 7) is 7.03. The van der Waals surface area contributed by atoms with E-state index in [0.717, 1.165) is 6.42 Å². The molecule has 0 fully saturated rings. The van der Waals surface area contributed by atoms with Gasteiger partial charge in [-0.1, -0.05) is 6.92 Å². The summed E-state index contributed by atoms with van der Waals surface area (Å²) in [5, 5.41) is 3.08. The number of rotatable bonds is 12. The first kappa shape index (κ1) is 18.3. The van der Waals surface area contributed by atoms with Gasteiger partial charge in [0.25, 0.3) is 0 Å². The molecule has 0 saturated heterocycles. The summed E-state index contributed by atoms with van der Waals surface area (Å²) in [4.78, 5) is 11.7. The van der Waals surface area contributed by atoms with E-state index >= 15 is 0 Å². The maximum absolute atomic E-state index is 11.7. The van der Waals surface area contributed by atoms with Gasteiger partial charge in [-0.15, -0.1) is 0 Å². The first-order valence-electron chi connectivity index (χ1n) is 6.58. The lowest BCUT2D eigenvalue weighted by Crippen LogP contribution is -2.53. The highest BCUT2D eigenvalue weighted by Gasteiger charge is 2.33. The van der Waals surface area contributed by atoms with Crippen LogP contribution in [-0.2, 0) is 23.7 Å². The zero-order valence-corrected chi connectivity index (χ0v) is 12.5. The van der Waals surface area contributed by atoms with E-state index in [1.165, 1.54) is 7.11 Å². The zero-order chi connectivity index (χ0) is 14.6. The number of carbonyl (C=O) groups is 1. The molecule has 0 bridgehead atoms. The summed E-state index contributed by atoms with van der Waals surface area (Å²) >= 11 is 0. The van der Waals surface area contributed by atoms with Gasteiger partial charge in [0.05, 0.1) is 26.9 Å². The van der Waals surface area contributed by atoms with Crippen molar-refractivity contribution in [2.75, 3.05) is 53.8 Å². The van der Waals surface area contributed by atoms with Crippen LogP contribution in [0.3, 0.4) is 0 Å². The summed E-state index contributed by atoms with van der Waals surface area (Å²) in [6.07, 6.45) is 0.785. The molecule has 6 heteroatoms. The Hall–Kier alpha value is -0.690. The van der Waals surface area contributed by atoms with Crippen molar-refractivity contribution in [2.24, 2.45) is 0 Å². The summed E-state index contributed by atoms with van der Waals surface area (Å²) in [6, 6.07) is 0. The van der Waals surface area contributed by atoms with Crippen LogP contribution in [0.2, 0.25) is 0 Å². The second-order valence-electron chi connectivity index (χ2n) is 4.37. The van der Waals surface area contributed by atoms with Gasteiger partial charge in [0, 0.05) is 20.3 Å². The van der Waals surface area contributed by atoms with E-state index < -0.39 is 5.54 Å². The molecule has 1 atom stereocenters. The van der Waals surface area contributed by atoms with Crippen LogP contribution in [0, 0.1) is 0 Å². The van der Waals surface area contributed by atoms with E-state index in [4.69, 9.17) is 18.9 Å². The lowest BCUT2D eigenvalue weighted by Gasteiger charge is -2.27. The summed E-state index contributed by atoms with van der Waals surface area (Å²) in [7, 11) is 3.02. The topological polar surface area (TPSA) is 66.0 Å². The second kappa shape index (κ2) is 11.2. The quantitative estimate of drug-likeness (QED) is 0.416. The van der Waals surface area contributed by atoms with Crippen LogP contribution >= 0.6 is 0 Å². The second-order valence-corrected chi connectivity index (χ2v) is 4.37. The summed E-state index contributed by atoms with van der Waals surface area (Å²) in [5.74, 6) is -0.314. The lowest BCUT2D eigenvalue weighted by molar-refractivity contribution is -0.150. The van der Waals surface area contributed by atoms with Crippen molar-refractivity contribution in [3.63, 3.8) is 0 Å². The van der Waals surface area contributed by atoms with Gasteiger partial charge < -0.3 is 24.3 Å². The van der Waals surface area contributed by atoms with Gasteiger partial charge in [0.1, 0.15) is 5.54 Å². The molecule has 0 heterocycles. The normalized spacial score (nSPS) is 14.1. The largest absolute Gasteiger partial charge is 0.468 e. The molecule has 0 aliphatic heterocycles. The number of hydrogen-bond acceptors (Lipinski definition) is 6. The molecule has 0 aromatic carbocycles. The first-order valence-corrected chi connectivity index (χ1v) is 6.58. The minimum absolute atomic E-state index is 0.283. The number of carbonyl (C=O) groups excluding carboxylic acids is 1. The van der Waals surface area contributed by atoms with E-state index in [1.807, 2.05) is 6.92 Å². The van der Waals surface area contributed by atoms with Crippen LogP contribution in [0.25, 0.3) is 0 Å². The Morgan fingerprint density at radius 2 is 1.79 bits per heavy atom. The molecule has 0 aliphatic rings. The van der Waals surface area contributed by atoms with Crippen LogP contribution in [0.15, 0.2) is 0 Å². The van der Waals surface area contributed by atoms with Crippen molar-refractivity contribution >= 4 is 5.97 Å². The number of methoxy groups -OCH3 is 2. The Labute approximate surface area is 115 Å². The van der Waals surface area contributed by atoms with Gasteiger partial charge in [-0.05, 0) is 19.9 Å². The van der Waals surface area contributed by atoms with E-state index in [-0.39, 0.29) is 12.6 Å². The van der Waals surface area contributed by atoms with Crippen LogP contribution in [-0.4, -0.2) is 65.3 Å². The molecule has 0 saturated carbocycles. The third-order valence-corrected chi connectivity index (χ3v) is 2.60. The van der Waals surface area contributed by atoms with Gasteiger partial charge in [0.2, 0.25) is 0 Å². The van der Waals surface area contributed by atoms with Crippen molar-refractivity contribution in [1.29, 1.82) is 0 Å². The fourth-order valence-corrected chi connectivity index (χ4v) is 1.58. The minimum atomic E-state index is -0.791. The van der Waals surface area contributed by atoms with Crippen LogP contribution in [0.1, 0.15) is 20.3 Å². The fraction of sp³-hybridized carbons (Fsp3) is 0.923. The monoisotopic (exact) mass is 277 g/mol. The number of likely N-dealkylation sites (N-methyl/N-ethyl adjacent to an activating group) is 1. The zero-order valence-electron chi connectivity index (χ0n) is 12.5. The Kier molecular flexibility index (Phi) is 10.8. The molecule has 1 N–H and O–H groups in total. The predicted molar refractivity (Wildman–Crippen MR) is 72.2 cm³/mol. The van der Waals surface area contributed by atoms with Crippen molar-refractivity contribution in [3.8, 4) is 0 Å². The minimum Gasteiger partial charge on any atom is -0.468 e. The van der Waals surface area contributed by atoms with E-state index in [9.17, 15) is 4.79 Å². The van der Waals surface area contributed by atoms with Gasteiger partial charge >= 0.3 is 5.97 Å². The molecular weight excluding hydrogens is 250 g/mol. The van der Waals surface area contributed by atoms with E-state index in [0.29, 0.717) is 33.0 Å². The predicted octanol–water partition coefficient (Wildman–Crippen LogP) is 0.597. The molecule has 0 amide bonds. The van der Waals surface area contributed by atoms with Crippen molar-refractivity contribution < 1.29 is 23.7 Å². The van der Waals surface area contributed by atoms with E-state index in [2.05, 4.69) is 5.32 Å². The standard InChI is InChI=1S/C13H27NO5/c1-5-14-13(2,12(15)17-4)11-19-8-6-7-18-10-9-16-3/h14H,5-11H2,1-4H3. The Bertz CT molecular complexity index is 237. The van der Waals surface area contributed by atoms with Gasteiger partial charge in [0.15, 0.2) is 0 Å². The average Bonchev–Trinajstić information content (AvgIpc) is 2.41. The number of esters is 1. The maximum Gasteiger partial charge on any atom is 0.328 e. The molecule has 0 aliphatic carbocycles. The number of ether oxygens (including phenoxy) is 4. The Balaban J connectivity index is 3.73. The highest BCUT2D eigenvalue weighted by molar-refractivity contribution is 5.80. The lowest BCUT2D eigenvalue weighted by atomic mass is 10.0. The molecular formula is C13H27NO5. The molecule has 0 aromatic heterocycles. The smallest absolute Gasteiger partial charge is 0.328 e. The molecule has 0 spiro atoms. The summed E-state index contributed by atoms with van der Waals surface area (Å²) in [5.41, 5.74) is -0.791. The van der Waals surface area contributed by atoms with Crippen molar-refractivity contribution in [3.05, 3.63) is 0 Å². The van der Waals surface area contributed by atoms with Gasteiger partial charge in [-0.25, -0.2) is 4.79 Å². The van der Waals surface area contributed by atoms with Gasteiger partial charge in [-0.2, -0.15) is 0 Å². The van der Waals surface area contributed by atoms with Crippen LogP contribution in [0.5, 0.6) is 0 Å². The Morgan fingerprint density at radius 3 is 2.37 bits per heavy atom. The molecule has 1 unspecified atom stereocenters. The maximum atomic E-state index is 11.7. The van der Waals surface area contributed by atoms with Crippen molar-refractivity contribution in [2.45, 2.75) is 25.8 Å². The van der Waals surface area contributed by atoms with Crippen molar-refractivity contribution in [1.82, 2.24) is 5.32 Å². The molecule has 114 valence electrons. The molecule has 19 heavy (non-hydrogen) atoms. The highest BCUT2D eigenvalue weighted by Crippen LogP contribution is 2.07. The molecule has 0 rings (SSSR count). The number of nitrogens with one attached hydrogen (secondary N) is 1.